The molecule has 0 fully saturated rings. The third-order valence-corrected chi connectivity index (χ3v) is 4.51. The van der Waals surface area contributed by atoms with Gasteiger partial charge in [0.2, 0.25) is 0 Å². The van der Waals surface area contributed by atoms with Crippen LogP contribution in [-0.4, -0.2) is 25.2 Å². The Hall–Kier alpha value is -2.10. The van der Waals surface area contributed by atoms with E-state index in [1.165, 1.54) is 18.2 Å². The van der Waals surface area contributed by atoms with E-state index in [4.69, 9.17) is 9.47 Å². The van der Waals surface area contributed by atoms with E-state index in [9.17, 15) is 9.59 Å². The molecule has 2 atom stereocenters. The van der Waals surface area contributed by atoms with Crippen LogP contribution in [0.4, 0.5) is 0 Å². The van der Waals surface area contributed by atoms with Crippen molar-refractivity contribution in [2.24, 2.45) is 5.92 Å². The number of methoxy groups -OCH3 is 1. The lowest BCUT2D eigenvalue weighted by molar-refractivity contribution is -0.154. The molecule has 1 aromatic rings. The molecule has 0 aliphatic heterocycles. The Morgan fingerprint density at radius 3 is 2.60 bits per heavy atom. The van der Waals surface area contributed by atoms with Crippen molar-refractivity contribution in [3.05, 3.63) is 47.5 Å². The fourth-order valence-corrected chi connectivity index (χ4v) is 3.28. The number of hydrogen-bond donors (Lipinski definition) is 0. The third kappa shape index (κ3) is 6.37. The molecule has 0 amide bonds. The molecule has 0 bridgehead atoms. The number of carbonyl (C=O) groups is 2. The largest absolute Gasteiger partial charge is 0.469 e. The first-order valence-corrected chi connectivity index (χ1v) is 9.13. The zero-order valence-electron chi connectivity index (χ0n) is 15.2. The lowest BCUT2D eigenvalue weighted by atomic mass is 9.86. The maximum absolute atomic E-state index is 12.0. The Kier molecular flexibility index (Phi) is 7.71. The van der Waals surface area contributed by atoms with Crippen molar-refractivity contribution in [3.8, 4) is 0 Å². The van der Waals surface area contributed by atoms with Crippen molar-refractivity contribution in [2.45, 2.75) is 58.0 Å². The smallest absolute Gasteiger partial charge is 0.312 e. The summed E-state index contributed by atoms with van der Waals surface area (Å²) in [5, 5.41) is 0. The molecular weight excluding hydrogens is 316 g/mol. The molecule has 1 aromatic carbocycles. The Morgan fingerprint density at radius 2 is 1.92 bits per heavy atom. The summed E-state index contributed by atoms with van der Waals surface area (Å²) in [7, 11) is 1.40. The average Bonchev–Trinajstić information content (AvgIpc) is 2.62. The predicted molar refractivity (Wildman–Crippen MR) is 97.0 cm³/mol. The van der Waals surface area contributed by atoms with Gasteiger partial charge in [0.15, 0.2) is 0 Å². The Bertz CT molecular complexity index is 591. The summed E-state index contributed by atoms with van der Waals surface area (Å²) in [5.41, 5.74) is 2.50. The summed E-state index contributed by atoms with van der Waals surface area (Å²) >= 11 is 0. The van der Waals surface area contributed by atoms with Crippen LogP contribution in [0.2, 0.25) is 0 Å². The summed E-state index contributed by atoms with van der Waals surface area (Å²) in [6, 6.07) is 10.4. The van der Waals surface area contributed by atoms with E-state index in [1.54, 1.807) is 0 Å². The van der Waals surface area contributed by atoms with E-state index >= 15 is 0 Å². The zero-order valence-corrected chi connectivity index (χ0v) is 15.2. The molecule has 0 N–H and O–H groups in total. The first-order chi connectivity index (χ1) is 12.1. The van der Waals surface area contributed by atoms with E-state index in [-0.39, 0.29) is 24.0 Å². The van der Waals surface area contributed by atoms with Gasteiger partial charge in [0.25, 0.3) is 0 Å². The summed E-state index contributed by atoms with van der Waals surface area (Å²) in [5.74, 6) is -0.747. The lowest BCUT2D eigenvalue weighted by Crippen LogP contribution is -2.29. The zero-order chi connectivity index (χ0) is 18.1. The molecule has 136 valence electrons. The number of ether oxygens (including phenoxy) is 2. The van der Waals surface area contributed by atoms with Gasteiger partial charge in [-0.05, 0) is 31.2 Å². The molecule has 1 unspecified atom stereocenters. The fraction of sp³-hybridized carbons (Fsp3) is 0.524. The van der Waals surface area contributed by atoms with E-state index in [2.05, 4.69) is 12.1 Å². The fourth-order valence-electron chi connectivity index (χ4n) is 3.28. The van der Waals surface area contributed by atoms with Crippen LogP contribution in [0.1, 0.15) is 51.0 Å². The molecule has 1 aliphatic rings. The minimum Gasteiger partial charge on any atom is -0.469 e. The summed E-state index contributed by atoms with van der Waals surface area (Å²) in [6.45, 7) is 1.95. The molecule has 4 nitrogen and oxygen atoms in total. The molecule has 0 aromatic heterocycles. The number of aryl methyl sites for hydroxylation is 1. The average molecular weight is 344 g/mol. The lowest BCUT2D eigenvalue weighted by Gasteiger charge is -2.27. The Labute approximate surface area is 150 Å². The van der Waals surface area contributed by atoms with Crippen LogP contribution in [0.25, 0.3) is 0 Å². The van der Waals surface area contributed by atoms with Gasteiger partial charge in [0, 0.05) is 19.3 Å². The highest BCUT2D eigenvalue weighted by Gasteiger charge is 2.29. The highest BCUT2D eigenvalue weighted by Crippen LogP contribution is 2.29. The van der Waals surface area contributed by atoms with Crippen LogP contribution in [0, 0.1) is 5.92 Å². The van der Waals surface area contributed by atoms with Gasteiger partial charge in [0.1, 0.15) is 6.10 Å². The molecule has 0 saturated carbocycles. The van der Waals surface area contributed by atoms with Crippen LogP contribution in [0.15, 0.2) is 42.0 Å². The van der Waals surface area contributed by atoms with Crippen molar-refractivity contribution >= 4 is 11.9 Å². The second-order valence-corrected chi connectivity index (χ2v) is 6.60. The number of benzene rings is 1. The van der Waals surface area contributed by atoms with Gasteiger partial charge in [-0.1, -0.05) is 48.9 Å². The van der Waals surface area contributed by atoms with Gasteiger partial charge < -0.3 is 9.47 Å². The molecule has 0 saturated heterocycles. The highest BCUT2D eigenvalue weighted by molar-refractivity contribution is 5.75. The highest BCUT2D eigenvalue weighted by atomic mass is 16.5. The van der Waals surface area contributed by atoms with Crippen LogP contribution < -0.4 is 0 Å². The molecule has 0 spiro atoms. The second kappa shape index (κ2) is 10.0. The number of carbonyl (C=O) groups excluding carboxylic acids is 2. The van der Waals surface area contributed by atoms with Crippen LogP contribution in [-0.2, 0) is 25.5 Å². The minimum absolute atomic E-state index is 0.179. The number of hydrogen-bond acceptors (Lipinski definition) is 4. The van der Waals surface area contributed by atoms with Gasteiger partial charge >= 0.3 is 11.9 Å². The topological polar surface area (TPSA) is 52.6 Å². The first kappa shape index (κ1) is 19.2. The van der Waals surface area contributed by atoms with Crippen LogP contribution >= 0.6 is 0 Å². The van der Waals surface area contributed by atoms with Crippen molar-refractivity contribution in [3.63, 3.8) is 0 Å². The molecule has 0 heterocycles. The van der Waals surface area contributed by atoms with Crippen molar-refractivity contribution in [1.29, 1.82) is 0 Å². The first-order valence-electron chi connectivity index (χ1n) is 9.13. The monoisotopic (exact) mass is 344 g/mol. The van der Waals surface area contributed by atoms with Gasteiger partial charge in [-0.3, -0.25) is 9.59 Å². The van der Waals surface area contributed by atoms with Crippen molar-refractivity contribution in [2.75, 3.05) is 7.11 Å². The third-order valence-electron chi connectivity index (χ3n) is 4.51. The normalized spacial score (nSPS) is 19.8. The van der Waals surface area contributed by atoms with Crippen LogP contribution in [0.3, 0.4) is 0 Å². The minimum atomic E-state index is -0.315. The standard InChI is InChI=1S/C21H28O4/c1-3-8-20(22)25-19-14-17(13-18(15-19)21(23)24-2)12-7-11-16-9-5-4-6-10-16/h4-6,9-10,13,18-19H,3,7-8,11-12,14-15H2,1-2H3/t18-,19?/m1/s1. The van der Waals surface area contributed by atoms with Gasteiger partial charge in [-0.2, -0.15) is 0 Å². The van der Waals surface area contributed by atoms with Gasteiger partial charge in [-0.15, -0.1) is 0 Å². The molecular formula is C21H28O4. The molecule has 1 aliphatic carbocycles. The summed E-state index contributed by atoms with van der Waals surface area (Å²) in [6.07, 6.45) is 7.14. The van der Waals surface area contributed by atoms with E-state index < -0.39 is 0 Å². The van der Waals surface area contributed by atoms with Crippen LogP contribution in [0.5, 0.6) is 0 Å². The van der Waals surface area contributed by atoms with Gasteiger partial charge in [-0.25, -0.2) is 0 Å². The van der Waals surface area contributed by atoms with Crippen molar-refractivity contribution < 1.29 is 19.1 Å². The summed E-state index contributed by atoms with van der Waals surface area (Å²) in [4.78, 5) is 23.8. The van der Waals surface area contributed by atoms with Crippen molar-refractivity contribution in [1.82, 2.24) is 0 Å². The maximum atomic E-state index is 12.0. The summed E-state index contributed by atoms with van der Waals surface area (Å²) < 4.78 is 10.5. The number of esters is 2. The van der Waals surface area contributed by atoms with Gasteiger partial charge in [0.05, 0.1) is 13.0 Å². The molecule has 25 heavy (non-hydrogen) atoms. The predicted octanol–water partition coefficient (Wildman–Crippen LogP) is 4.23. The molecule has 2 rings (SSSR count). The second-order valence-electron chi connectivity index (χ2n) is 6.60. The SMILES string of the molecule is CCCC(=O)OC1CC(CCCc2ccccc2)=C[C@@H](C(=O)OC)C1. The Morgan fingerprint density at radius 1 is 1.16 bits per heavy atom. The molecule has 0 radical (unpaired) electrons. The molecule has 4 heteroatoms. The quantitative estimate of drug-likeness (QED) is 0.523. The van der Waals surface area contributed by atoms with E-state index in [0.717, 1.165) is 32.1 Å². The Balaban J connectivity index is 1.94. The number of rotatable bonds is 8. The van der Waals surface area contributed by atoms with E-state index in [1.807, 2.05) is 31.2 Å². The van der Waals surface area contributed by atoms with E-state index in [0.29, 0.717) is 12.8 Å². The maximum Gasteiger partial charge on any atom is 0.312 e.